The summed E-state index contributed by atoms with van der Waals surface area (Å²) in [6.45, 7) is 4.56. The van der Waals surface area contributed by atoms with Crippen molar-refractivity contribution < 1.29 is 9.53 Å². The highest BCUT2D eigenvalue weighted by atomic mass is 16.5. The van der Waals surface area contributed by atoms with E-state index in [1.165, 1.54) is 31.1 Å². The molecule has 1 aromatic rings. The molecular weight excluding hydrogens is 260 g/mol. The topological polar surface area (TPSA) is 26.3 Å². The molecule has 2 aliphatic carbocycles. The molecule has 0 unspecified atom stereocenters. The van der Waals surface area contributed by atoms with Gasteiger partial charge in [-0.25, -0.2) is 0 Å². The van der Waals surface area contributed by atoms with E-state index < -0.39 is 0 Å². The van der Waals surface area contributed by atoms with Gasteiger partial charge in [-0.1, -0.05) is 38.1 Å². The largest absolute Gasteiger partial charge is 0.469 e. The number of rotatable bonds is 1. The maximum absolute atomic E-state index is 12.1. The lowest BCUT2D eigenvalue weighted by Crippen LogP contribution is -2.45. The quantitative estimate of drug-likeness (QED) is 0.729. The van der Waals surface area contributed by atoms with E-state index in [4.69, 9.17) is 4.74 Å². The molecule has 0 bridgehead atoms. The minimum absolute atomic E-state index is 0.0137. The van der Waals surface area contributed by atoms with Crippen LogP contribution in [0.5, 0.6) is 0 Å². The van der Waals surface area contributed by atoms with Gasteiger partial charge in [0.2, 0.25) is 0 Å². The zero-order chi connectivity index (χ0) is 15.0. The Morgan fingerprint density at radius 2 is 1.86 bits per heavy atom. The van der Waals surface area contributed by atoms with Gasteiger partial charge in [0.15, 0.2) is 0 Å². The molecule has 21 heavy (non-hydrogen) atoms. The fourth-order valence-electron chi connectivity index (χ4n) is 4.83. The lowest BCUT2D eigenvalue weighted by Gasteiger charge is -2.47. The fraction of sp³-hybridized carbons (Fsp3) is 0.632. The molecule has 2 heteroatoms. The molecule has 0 amide bonds. The van der Waals surface area contributed by atoms with Gasteiger partial charge in [-0.05, 0) is 60.5 Å². The van der Waals surface area contributed by atoms with Crippen molar-refractivity contribution >= 4 is 5.97 Å². The third-order valence-electron chi connectivity index (χ3n) is 6.06. The van der Waals surface area contributed by atoms with E-state index in [2.05, 4.69) is 38.1 Å². The van der Waals surface area contributed by atoms with E-state index >= 15 is 0 Å². The summed E-state index contributed by atoms with van der Waals surface area (Å²) >= 11 is 0. The average Bonchev–Trinajstić information content (AvgIpc) is 2.66. The number of aryl methyl sites for hydroxylation is 1. The fourth-order valence-corrected chi connectivity index (χ4v) is 4.83. The van der Waals surface area contributed by atoms with Crippen LogP contribution >= 0.6 is 0 Å². The van der Waals surface area contributed by atoms with Crippen molar-refractivity contribution in [3.8, 4) is 0 Å². The summed E-state index contributed by atoms with van der Waals surface area (Å²) < 4.78 is 5.06. The number of carbonyl (C=O) groups excluding carboxylic acids is 1. The number of hydrogen-bond donors (Lipinski definition) is 0. The number of fused-ring (bicyclic) bond motifs is 2. The molecule has 0 aromatic heterocycles. The molecule has 0 spiro atoms. The van der Waals surface area contributed by atoms with Crippen molar-refractivity contribution in [2.75, 3.05) is 7.11 Å². The van der Waals surface area contributed by atoms with Crippen LogP contribution in [0.4, 0.5) is 0 Å². The molecule has 0 heterocycles. The Morgan fingerprint density at radius 1 is 1.14 bits per heavy atom. The van der Waals surface area contributed by atoms with Crippen molar-refractivity contribution in [1.29, 1.82) is 0 Å². The normalized spacial score (nSPS) is 30.7. The maximum atomic E-state index is 12.1. The molecule has 2 aliphatic rings. The Bertz CT molecular complexity index is 532. The van der Waals surface area contributed by atoms with E-state index in [-0.39, 0.29) is 17.3 Å². The standard InChI is InChI=1S/C19H26O2/c1-19(2)16-10-8-13-6-4-5-7-14(13)12-15(16)9-11-17(19)18(20)21-3/h4-7,15-17H,8-12H2,1-3H3/t15-,16+,17-/m0/s1. The molecule has 2 nitrogen and oxygen atoms in total. The lowest BCUT2D eigenvalue weighted by molar-refractivity contribution is -0.155. The number of carbonyl (C=O) groups is 1. The van der Waals surface area contributed by atoms with Crippen LogP contribution < -0.4 is 0 Å². The molecule has 0 saturated heterocycles. The second kappa shape index (κ2) is 5.47. The van der Waals surface area contributed by atoms with E-state index in [1.54, 1.807) is 0 Å². The van der Waals surface area contributed by atoms with E-state index in [0.29, 0.717) is 11.8 Å². The van der Waals surface area contributed by atoms with E-state index in [9.17, 15) is 4.79 Å². The van der Waals surface area contributed by atoms with Crippen LogP contribution in [0.3, 0.4) is 0 Å². The van der Waals surface area contributed by atoms with E-state index in [0.717, 1.165) is 19.3 Å². The van der Waals surface area contributed by atoms with Gasteiger partial charge in [0.1, 0.15) is 0 Å². The Labute approximate surface area is 127 Å². The summed E-state index contributed by atoms with van der Waals surface area (Å²) in [6, 6.07) is 8.87. The van der Waals surface area contributed by atoms with Gasteiger partial charge in [-0.15, -0.1) is 0 Å². The molecule has 1 saturated carbocycles. The first kappa shape index (κ1) is 14.6. The molecular formula is C19H26O2. The maximum Gasteiger partial charge on any atom is 0.309 e. The van der Waals surface area contributed by atoms with Crippen LogP contribution in [0.25, 0.3) is 0 Å². The van der Waals surface area contributed by atoms with Crippen molar-refractivity contribution in [1.82, 2.24) is 0 Å². The predicted molar refractivity (Wildman–Crippen MR) is 84.0 cm³/mol. The summed E-state index contributed by atoms with van der Waals surface area (Å²) in [6.07, 6.45) is 5.65. The molecule has 0 N–H and O–H groups in total. The minimum atomic E-state index is -0.0137. The lowest BCUT2D eigenvalue weighted by atomic mass is 9.56. The van der Waals surface area contributed by atoms with Crippen LogP contribution in [0.2, 0.25) is 0 Å². The second-order valence-electron chi connectivity index (χ2n) is 7.35. The van der Waals surface area contributed by atoms with Crippen LogP contribution in [0, 0.1) is 23.2 Å². The first-order valence-electron chi connectivity index (χ1n) is 8.18. The zero-order valence-electron chi connectivity index (χ0n) is 13.4. The minimum Gasteiger partial charge on any atom is -0.469 e. The van der Waals surface area contributed by atoms with Gasteiger partial charge in [-0.3, -0.25) is 4.79 Å². The van der Waals surface area contributed by atoms with Crippen LogP contribution in [0.1, 0.15) is 44.2 Å². The Hall–Kier alpha value is -1.31. The van der Waals surface area contributed by atoms with Crippen LogP contribution in [-0.2, 0) is 22.4 Å². The van der Waals surface area contributed by atoms with Gasteiger partial charge in [-0.2, -0.15) is 0 Å². The Balaban J connectivity index is 1.88. The highest BCUT2D eigenvalue weighted by molar-refractivity contribution is 5.73. The molecule has 3 rings (SSSR count). The monoisotopic (exact) mass is 286 g/mol. The number of benzene rings is 1. The summed E-state index contributed by atoms with van der Waals surface area (Å²) in [5.74, 6) is 1.37. The molecule has 0 aliphatic heterocycles. The van der Waals surface area contributed by atoms with Gasteiger partial charge in [0.05, 0.1) is 13.0 Å². The van der Waals surface area contributed by atoms with Crippen LogP contribution in [0.15, 0.2) is 24.3 Å². The summed E-state index contributed by atoms with van der Waals surface area (Å²) in [5, 5.41) is 0. The third-order valence-corrected chi connectivity index (χ3v) is 6.06. The predicted octanol–water partition coefficient (Wildman–Crippen LogP) is 4.02. The summed E-state index contributed by atoms with van der Waals surface area (Å²) in [7, 11) is 1.52. The molecule has 1 fully saturated rings. The van der Waals surface area contributed by atoms with Crippen LogP contribution in [-0.4, -0.2) is 13.1 Å². The highest BCUT2D eigenvalue weighted by Crippen LogP contribution is 2.52. The van der Waals surface area contributed by atoms with Crippen molar-refractivity contribution in [3.63, 3.8) is 0 Å². The number of ether oxygens (including phenoxy) is 1. The first-order chi connectivity index (χ1) is 10.0. The average molecular weight is 286 g/mol. The van der Waals surface area contributed by atoms with Gasteiger partial charge < -0.3 is 4.74 Å². The summed E-state index contributed by atoms with van der Waals surface area (Å²) in [4.78, 5) is 12.1. The van der Waals surface area contributed by atoms with E-state index in [1.807, 2.05) is 0 Å². The molecule has 3 atom stereocenters. The van der Waals surface area contributed by atoms with Crippen molar-refractivity contribution in [2.45, 2.75) is 46.0 Å². The SMILES string of the molecule is COC(=O)[C@@H]1CC[C@H]2Cc3ccccc3CC[C@H]2C1(C)C. The van der Waals surface area contributed by atoms with Gasteiger partial charge >= 0.3 is 5.97 Å². The molecule has 1 aromatic carbocycles. The van der Waals surface area contributed by atoms with Gasteiger partial charge in [0.25, 0.3) is 0 Å². The second-order valence-corrected chi connectivity index (χ2v) is 7.35. The smallest absolute Gasteiger partial charge is 0.309 e. The summed E-state index contributed by atoms with van der Waals surface area (Å²) in [5.41, 5.74) is 3.08. The van der Waals surface area contributed by atoms with Crippen molar-refractivity contribution in [2.24, 2.45) is 23.2 Å². The Morgan fingerprint density at radius 3 is 2.57 bits per heavy atom. The third kappa shape index (κ3) is 2.49. The highest BCUT2D eigenvalue weighted by Gasteiger charge is 2.48. The number of esters is 1. The molecule has 0 radical (unpaired) electrons. The van der Waals surface area contributed by atoms with Gasteiger partial charge in [0, 0.05) is 0 Å². The number of methoxy groups -OCH3 is 1. The zero-order valence-corrected chi connectivity index (χ0v) is 13.4. The first-order valence-corrected chi connectivity index (χ1v) is 8.18. The molecule has 114 valence electrons. The van der Waals surface area contributed by atoms with Crippen molar-refractivity contribution in [3.05, 3.63) is 35.4 Å². The Kier molecular flexibility index (Phi) is 3.81. The number of hydrogen-bond acceptors (Lipinski definition) is 2.